The second-order valence-corrected chi connectivity index (χ2v) is 11.9. The second-order valence-electron chi connectivity index (χ2n) is 11.9. The Morgan fingerprint density at radius 3 is 2.37 bits per heavy atom. The average Bonchev–Trinajstić information content (AvgIpc) is 3.93. The maximum atomic E-state index is 15.3. The third-order valence-corrected chi connectivity index (χ3v) is 8.64. The number of carbonyl (C=O) groups is 1. The number of pyridine rings is 2. The zero-order valence-electron chi connectivity index (χ0n) is 27.4. The van der Waals surface area contributed by atoms with E-state index in [9.17, 15) is 14.7 Å². The van der Waals surface area contributed by atoms with E-state index in [1.165, 1.54) is 6.20 Å². The van der Waals surface area contributed by atoms with Gasteiger partial charge in [-0.05, 0) is 36.6 Å². The molecule has 1 aliphatic carbocycles. The van der Waals surface area contributed by atoms with Gasteiger partial charge in [-0.2, -0.15) is 4.98 Å². The zero-order valence-corrected chi connectivity index (χ0v) is 27.4. The Kier molecular flexibility index (Phi) is 9.96. The molecule has 3 aromatic heterocycles. The van der Waals surface area contributed by atoms with Crippen molar-refractivity contribution in [1.29, 1.82) is 0 Å². The number of hydrogen-bond acceptors (Lipinski definition) is 13. The van der Waals surface area contributed by atoms with Crippen molar-refractivity contribution in [2.24, 2.45) is 0 Å². The van der Waals surface area contributed by atoms with Gasteiger partial charge in [-0.25, -0.2) is 19.2 Å². The molecule has 16 heteroatoms. The number of hydrogen-bond donors (Lipinski definition) is 3. The molecule has 4 heterocycles. The van der Waals surface area contributed by atoms with Crippen molar-refractivity contribution in [2.45, 2.75) is 25.3 Å². The number of piperazine rings is 1. The predicted molar refractivity (Wildman–Crippen MR) is 179 cm³/mol. The SMILES string of the molecule is COc1cc(Cc2cnc(N)nc2N)cc(OC)c1OCCOCCN1CCN(c2nc3c(cc2F)c(=O)c(C(=O)O)cn3C2CC2)CC1. The maximum Gasteiger partial charge on any atom is 0.341 e. The van der Waals surface area contributed by atoms with Crippen LogP contribution in [-0.4, -0.2) is 102 Å². The molecule has 1 saturated heterocycles. The van der Waals surface area contributed by atoms with Gasteiger partial charge in [-0.15, -0.1) is 0 Å². The van der Waals surface area contributed by atoms with Gasteiger partial charge in [0.2, 0.25) is 17.1 Å². The first-order valence-corrected chi connectivity index (χ1v) is 15.9. The molecule has 0 atom stereocenters. The van der Waals surface area contributed by atoms with Crippen LogP contribution in [0.3, 0.4) is 0 Å². The molecule has 2 aliphatic rings. The monoisotopic (exact) mass is 678 g/mol. The number of halogens is 1. The Balaban J connectivity index is 0.990. The fraction of sp³-hybridized carbons (Fsp3) is 0.424. The lowest BCUT2D eigenvalue weighted by molar-refractivity contribution is 0.0694. The molecule has 0 spiro atoms. The summed E-state index contributed by atoms with van der Waals surface area (Å²) in [5.41, 5.74) is 12.4. The number of ether oxygens (including phenoxy) is 4. The van der Waals surface area contributed by atoms with Gasteiger partial charge in [0.15, 0.2) is 23.1 Å². The molecule has 1 aliphatic heterocycles. The molecule has 15 nitrogen and oxygen atoms in total. The number of nitrogens with zero attached hydrogens (tertiary/aromatic N) is 6. The van der Waals surface area contributed by atoms with E-state index >= 15 is 4.39 Å². The molecular weight excluding hydrogens is 639 g/mol. The number of anilines is 3. The van der Waals surface area contributed by atoms with Crippen LogP contribution in [0.15, 0.2) is 35.4 Å². The van der Waals surface area contributed by atoms with Crippen molar-refractivity contribution in [1.82, 2.24) is 24.4 Å². The summed E-state index contributed by atoms with van der Waals surface area (Å²) in [6, 6.07) is 4.87. The minimum atomic E-state index is -1.33. The largest absolute Gasteiger partial charge is 0.493 e. The molecular formula is C33H39FN8O7. The number of aromatic nitrogens is 4. The van der Waals surface area contributed by atoms with Crippen molar-refractivity contribution < 1.29 is 33.2 Å². The van der Waals surface area contributed by atoms with Crippen LogP contribution in [0.4, 0.5) is 22.0 Å². The predicted octanol–water partition coefficient (Wildman–Crippen LogP) is 2.35. The van der Waals surface area contributed by atoms with Gasteiger partial charge >= 0.3 is 5.97 Å². The van der Waals surface area contributed by atoms with Gasteiger partial charge in [0.1, 0.15) is 23.6 Å². The highest BCUT2D eigenvalue weighted by atomic mass is 19.1. The van der Waals surface area contributed by atoms with E-state index in [0.717, 1.165) is 30.0 Å². The number of carboxylic acid groups (broad SMARTS) is 1. The quantitative estimate of drug-likeness (QED) is 0.165. The number of carboxylic acids is 1. The lowest BCUT2D eigenvalue weighted by Gasteiger charge is -2.35. The van der Waals surface area contributed by atoms with Gasteiger partial charge in [-0.3, -0.25) is 9.69 Å². The van der Waals surface area contributed by atoms with Crippen molar-refractivity contribution in [3.63, 3.8) is 0 Å². The molecule has 260 valence electrons. The summed E-state index contributed by atoms with van der Waals surface area (Å²) >= 11 is 0. The van der Waals surface area contributed by atoms with Crippen molar-refractivity contribution >= 4 is 34.6 Å². The van der Waals surface area contributed by atoms with Crippen molar-refractivity contribution in [2.75, 3.05) is 83.1 Å². The molecule has 1 aromatic carbocycles. The molecule has 5 N–H and O–H groups in total. The van der Waals surface area contributed by atoms with E-state index in [0.29, 0.717) is 81.1 Å². The van der Waals surface area contributed by atoms with Crippen molar-refractivity contribution in [3.05, 3.63) is 63.3 Å². The lowest BCUT2D eigenvalue weighted by Crippen LogP contribution is -2.48. The van der Waals surface area contributed by atoms with Crippen LogP contribution in [0.25, 0.3) is 11.0 Å². The molecule has 49 heavy (non-hydrogen) atoms. The zero-order chi connectivity index (χ0) is 34.7. The lowest BCUT2D eigenvalue weighted by atomic mass is 10.1. The average molecular weight is 679 g/mol. The first-order chi connectivity index (χ1) is 23.7. The van der Waals surface area contributed by atoms with Gasteiger partial charge in [-0.1, -0.05) is 0 Å². The Morgan fingerprint density at radius 1 is 1.02 bits per heavy atom. The highest BCUT2D eigenvalue weighted by Gasteiger charge is 2.29. The third kappa shape index (κ3) is 7.44. The topological polar surface area (TPSA) is 193 Å². The van der Waals surface area contributed by atoms with Gasteiger partial charge in [0, 0.05) is 63.1 Å². The molecule has 4 aromatic rings. The molecule has 0 bridgehead atoms. The highest BCUT2D eigenvalue weighted by molar-refractivity contribution is 5.92. The van der Waals surface area contributed by atoms with Gasteiger partial charge in [0.05, 0.1) is 32.8 Å². The Hall–Kier alpha value is -5.22. The van der Waals surface area contributed by atoms with Gasteiger partial charge in [0.25, 0.3) is 0 Å². The molecule has 0 amide bonds. The van der Waals surface area contributed by atoms with E-state index in [4.69, 9.17) is 30.4 Å². The van der Waals surface area contributed by atoms with Gasteiger partial charge < -0.3 is 45.0 Å². The number of nitrogens with two attached hydrogens (primary N) is 2. The number of benzene rings is 1. The van der Waals surface area contributed by atoms with Crippen LogP contribution in [0, 0.1) is 5.82 Å². The first-order valence-electron chi connectivity index (χ1n) is 15.9. The van der Waals surface area contributed by atoms with E-state index < -0.39 is 17.2 Å². The summed E-state index contributed by atoms with van der Waals surface area (Å²) in [4.78, 5) is 41.1. The van der Waals surface area contributed by atoms with E-state index in [1.807, 2.05) is 17.0 Å². The van der Waals surface area contributed by atoms with Crippen LogP contribution < -0.4 is 36.0 Å². The summed E-state index contributed by atoms with van der Waals surface area (Å²) in [6.07, 6.45) is 5.08. The minimum absolute atomic E-state index is 0.0165. The maximum absolute atomic E-state index is 15.3. The summed E-state index contributed by atoms with van der Waals surface area (Å²) in [5, 5.41) is 9.46. The van der Waals surface area contributed by atoms with Crippen LogP contribution in [-0.2, 0) is 11.2 Å². The van der Waals surface area contributed by atoms with E-state index in [1.54, 1.807) is 25.0 Å². The summed E-state index contributed by atoms with van der Waals surface area (Å²) in [5.74, 6) is 0.0658. The fourth-order valence-electron chi connectivity index (χ4n) is 5.89. The Labute approximate surface area is 281 Å². The second kappa shape index (κ2) is 14.5. The Bertz CT molecular complexity index is 1890. The molecule has 6 rings (SSSR count). The summed E-state index contributed by atoms with van der Waals surface area (Å²) < 4.78 is 40.0. The molecule has 0 radical (unpaired) electrons. The van der Waals surface area contributed by atoms with Crippen LogP contribution in [0.2, 0.25) is 0 Å². The minimum Gasteiger partial charge on any atom is -0.493 e. The van der Waals surface area contributed by atoms with Crippen LogP contribution in [0.1, 0.15) is 40.4 Å². The van der Waals surface area contributed by atoms with Crippen molar-refractivity contribution in [3.8, 4) is 17.2 Å². The summed E-state index contributed by atoms with van der Waals surface area (Å²) in [7, 11) is 3.10. The summed E-state index contributed by atoms with van der Waals surface area (Å²) in [6.45, 7) is 4.17. The van der Waals surface area contributed by atoms with Crippen LogP contribution >= 0.6 is 0 Å². The number of fused-ring (bicyclic) bond motifs is 1. The fourth-order valence-corrected chi connectivity index (χ4v) is 5.89. The number of methoxy groups -OCH3 is 2. The normalized spacial score (nSPS) is 15.0. The molecule has 2 fully saturated rings. The highest BCUT2D eigenvalue weighted by Crippen LogP contribution is 2.39. The Morgan fingerprint density at radius 2 is 1.73 bits per heavy atom. The van der Waals surface area contributed by atoms with E-state index in [-0.39, 0.29) is 35.4 Å². The van der Waals surface area contributed by atoms with Crippen LogP contribution in [0.5, 0.6) is 17.2 Å². The number of nitrogen functional groups attached to an aromatic ring is 2. The third-order valence-electron chi connectivity index (χ3n) is 8.64. The smallest absolute Gasteiger partial charge is 0.341 e. The van der Waals surface area contributed by atoms with E-state index in [2.05, 4.69) is 19.9 Å². The standard InChI is InChI=1S/C33H39FN8O7/c1-46-25-14-19(13-20-17-37-33(36)38-29(20)35)15-26(47-2)28(25)49-12-11-48-10-9-40-5-7-41(8-6-40)31-24(34)16-22-27(43)23(32(44)45)18-42(21-3-4-21)30(22)39-31/h14-18,21H,3-13H2,1-2H3,(H,44,45)(H4,35,36,37,38). The number of aromatic carboxylic acids is 1. The molecule has 0 unspecified atom stereocenters. The first kappa shape index (κ1) is 33.7. The molecule has 1 saturated carbocycles. The number of rotatable bonds is 14.